The lowest BCUT2D eigenvalue weighted by molar-refractivity contribution is -0.137. The van der Waals surface area contributed by atoms with Crippen molar-refractivity contribution in [1.29, 1.82) is 0 Å². The highest BCUT2D eigenvalue weighted by Crippen LogP contribution is 2.31. The first-order chi connectivity index (χ1) is 19.2. The van der Waals surface area contributed by atoms with Gasteiger partial charge in [0, 0.05) is 18.8 Å². The predicted octanol–water partition coefficient (Wildman–Crippen LogP) is 8.05. The van der Waals surface area contributed by atoms with Gasteiger partial charge in [0.2, 0.25) is 5.78 Å². The fraction of sp³-hybridized carbons (Fsp3) is 0.500. The Morgan fingerprint density at radius 2 is 1.43 bits per heavy atom. The molecule has 0 spiro atoms. The summed E-state index contributed by atoms with van der Waals surface area (Å²) in [5, 5.41) is 3.10. The van der Waals surface area contributed by atoms with Gasteiger partial charge < -0.3 is 15.0 Å². The zero-order valence-corrected chi connectivity index (χ0v) is 23.6. The maximum absolute atomic E-state index is 13.1. The number of carbonyl (C=O) groups excluding carboxylic acids is 2. The second-order valence-corrected chi connectivity index (χ2v) is 10.4. The lowest BCUT2D eigenvalue weighted by atomic mass is 10.0. The summed E-state index contributed by atoms with van der Waals surface area (Å²) in [7, 11) is 0. The fourth-order valence-corrected chi connectivity index (χ4v) is 4.76. The molecule has 0 unspecified atom stereocenters. The fourth-order valence-electron chi connectivity index (χ4n) is 4.76. The summed E-state index contributed by atoms with van der Waals surface area (Å²) in [6, 6.07) is 12.9. The number of anilines is 1. The number of hydrogen-bond acceptors (Lipinski definition) is 5. The number of nitrogens with zero attached hydrogens (tertiary/aromatic N) is 1. The first-order valence-corrected chi connectivity index (χ1v) is 14.4. The summed E-state index contributed by atoms with van der Waals surface area (Å²) in [6.07, 6.45) is 6.49. The molecular weight excluding hydrogens is 517 g/mol. The van der Waals surface area contributed by atoms with Crippen LogP contribution in [-0.2, 0) is 33.5 Å². The van der Waals surface area contributed by atoms with Crippen molar-refractivity contribution in [3.05, 3.63) is 76.6 Å². The molecule has 1 aliphatic rings. The molecule has 8 heteroatoms. The van der Waals surface area contributed by atoms with Gasteiger partial charge >= 0.3 is 12.1 Å². The van der Waals surface area contributed by atoms with Gasteiger partial charge in [-0.25, -0.2) is 4.79 Å². The van der Waals surface area contributed by atoms with Crippen LogP contribution in [-0.4, -0.2) is 29.8 Å². The molecule has 218 valence electrons. The minimum Gasteiger partial charge on any atom is -0.453 e. The summed E-state index contributed by atoms with van der Waals surface area (Å²) < 4.78 is 44.4. The van der Waals surface area contributed by atoms with Crippen LogP contribution in [0.4, 0.5) is 18.9 Å². The zero-order valence-electron chi connectivity index (χ0n) is 23.6. The Hall–Kier alpha value is -3.29. The third-order valence-electron chi connectivity index (χ3n) is 7.09. The number of carbonyl (C=O) groups is 2. The summed E-state index contributed by atoms with van der Waals surface area (Å²) >= 11 is 0. The zero-order chi connectivity index (χ0) is 29.0. The van der Waals surface area contributed by atoms with Gasteiger partial charge in [-0.05, 0) is 54.7 Å². The van der Waals surface area contributed by atoms with E-state index in [0.29, 0.717) is 18.8 Å². The first kappa shape index (κ1) is 31.2. The molecule has 40 heavy (non-hydrogen) atoms. The van der Waals surface area contributed by atoms with Gasteiger partial charge in [-0.15, -0.1) is 0 Å². The number of alkyl halides is 3. The lowest BCUT2D eigenvalue weighted by Crippen LogP contribution is -2.31. The second-order valence-electron chi connectivity index (χ2n) is 10.4. The number of Topliss-reactive ketones (excluding diaryl/α,β-unsaturated/α-hetero) is 1. The minimum absolute atomic E-state index is 0.0963. The number of unbranched alkanes of at least 4 members (excludes halogenated alkanes) is 7. The summed E-state index contributed by atoms with van der Waals surface area (Å²) in [5.41, 5.74) is 1.76. The number of benzene rings is 2. The maximum atomic E-state index is 13.1. The average molecular weight is 559 g/mol. The highest BCUT2D eigenvalue weighted by Gasteiger charge is 2.35. The van der Waals surface area contributed by atoms with Crippen LogP contribution < -0.4 is 5.32 Å². The number of ether oxygens (including phenoxy) is 1. The van der Waals surface area contributed by atoms with E-state index in [1.54, 1.807) is 0 Å². The van der Waals surface area contributed by atoms with Crippen molar-refractivity contribution in [2.75, 3.05) is 18.5 Å². The van der Waals surface area contributed by atoms with Gasteiger partial charge in [0.15, 0.2) is 6.61 Å². The molecule has 2 aromatic rings. The van der Waals surface area contributed by atoms with Gasteiger partial charge in [-0.3, -0.25) is 4.79 Å². The van der Waals surface area contributed by atoms with Crippen LogP contribution in [0.15, 0.2) is 59.9 Å². The molecule has 1 fully saturated rings. The molecule has 2 aromatic carbocycles. The Balaban J connectivity index is 1.88. The van der Waals surface area contributed by atoms with Crippen LogP contribution in [0.1, 0.15) is 88.3 Å². The van der Waals surface area contributed by atoms with E-state index in [9.17, 15) is 22.8 Å². The van der Waals surface area contributed by atoms with Crippen molar-refractivity contribution in [3.63, 3.8) is 0 Å². The number of cyclic esters (lactones) is 1. The van der Waals surface area contributed by atoms with Crippen molar-refractivity contribution < 1.29 is 27.5 Å². The van der Waals surface area contributed by atoms with Crippen LogP contribution in [0, 0.1) is 0 Å². The second kappa shape index (κ2) is 15.5. The molecule has 1 N–H and O–H groups in total. The molecular formula is C32H41F3N2O3. The molecule has 0 amide bonds. The van der Waals surface area contributed by atoms with E-state index in [4.69, 9.17) is 4.74 Å². The van der Waals surface area contributed by atoms with Crippen molar-refractivity contribution >= 4 is 17.4 Å². The van der Waals surface area contributed by atoms with Crippen LogP contribution in [0.2, 0.25) is 0 Å². The van der Waals surface area contributed by atoms with Crippen LogP contribution in [0.25, 0.3) is 0 Å². The Bertz CT molecular complexity index is 1110. The van der Waals surface area contributed by atoms with E-state index < -0.39 is 23.5 Å². The molecule has 0 saturated carbocycles. The van der Waals surface area contributed by atoms with E-state index in [1.807, 2.05) is 4.90 Å². The normalized spacial score (nSPS) is 14.8. The van der Waals surface area contributed by atoms with E-state index >= 15 is 0 Å². The smallest absolute Gasteiger partial charge is 0.416 e. The van der Waals surface area contributed by atoms with Crippen molar-refractivity contribution in [3.8, 4) is 0 Å². The number of ketones is 1. The van der Waals surface area contributed by atoms with Crippen molar-refractivity contribution in [1.82, 2.24) is 4.90 Å². The minimum atomic E-state index is -4.46. The van der Waals surface area contributed by atoms with Gasteiger partial charge in [0.1, 0.15) is 11.4 Å². The third kappa shape index (κ3) is 9.42. The largest absolute Gasteiger partial charge is 0.453 e. The number of rotatable bonds is 16. The van der Waals surface area contributed by atoms with Gasteiger partial charge in [-0.2, -0.15) is 13.2 Å². The SMILES string of the molecule is CCCCCCCN(Cc1ccc(CCCCCC)cc1)C(Nc1ccc(C(F)(F)F)cc1)=C1C(=O)COC1=O. The number of esters is 1. The van der Waals surface area contributed by atoms with Crippen molar-refractivity contribution in [2.24, 2.45) is 0 Å². The van der Waals surface area contributed by atoms with E-state index in [-0.39, 0.29) is 18.0 Å². The highest BCUT2D eigenvalue weighted by atomic mass is 19.4. The quantitative estimate of drug-likeness (QED) is 0.0978. The summed E-state index contributed by atoms with van der Waals surface area (Å²) in [5.74, 6) is -0.901. The Morgan fingerprint density at radius 3 is 2.00 bits per heavy atom. The van der Waals surface area contributed by atoms with Crippen LogP contribution in [0.5, 0.6) is 0 Å². The van der Waals surface area contributed by atoms with E-state index in [1.165, 1.54) is 37.0 Å². The molecule has 3 rings (SSSR count). The number of halogens is 3. The molecule has 0 aromatic heterocycles. The average Bonchev–Trinajstić information content (AvgIpc) is 3.27. The highest BCUT2D eigenvalue weighted by molar-refractivity contribution is 6.22. The predicted molar refractivity (Wildman–Crippen MR) is 152 cm³/mol. The number of nitrogens with one attached hydrogen (secondary N) is 1. The Morgan fingerprint density at radius 1 is 0.825 bits per heavy atom. The Kier molecular flexibility index (Phi) is 12.1. The molecule has 1 aliphatic heterocycles. The maximum Gasteiger partial charge on any atom is 0.416 e. The van der Waals surface area contributed by atoms with Gasteiger partial charge in [-0.1, -0.05) is 83.1 Å². The molecule has 1 heterocycles. The molecule has 0 bridgehead atoms. The van der Waals surface area contributed by atoms with Gasteiger partial charge in [0.05, 0.1) is 5.56 Å². The number of hydrogen-bond donors (Lipinski definition) is 1. The number of aryl methyl sites for hydroxylation is 1. The first-order valence-electron chi connectivity index (χ1n) is 14.4. The van der Waals surface area contributed by atoms with Crippen LogP contribution >= 0.6 is 0 Å². The molecule has 0 aliphatic carbocycles. The monoisotopic (exact) mass is 558 g/mol. The molecule has 1 saturated heterocycles. The van der Waals surface area contributed by atoms with Crippen LogP contribution in [0.3, 0.4) is 0 Å². The topological polar surface area (TPSA) is 58.6 Å². The van der Waals surface area contributed by atoms with E-state index in [2.05, 4.69) is 43.4 Å². The van der Waals surface area contributed by atoms with Crippen molar-refractivity contribution in [2.45, 2.75) is 90.8 Å². The Labute approximate surface area is 235 Å². The molecule has 5 nitrogen and oxygen atoms in total. The molecule has 0 radical (unpaired) electrons. The summed E-state index contributed by atoms with van der Waals surface area (Å²) in [4.78, 5) is 27.3. The third-order valence-corrected chi connectivity index (χ3v) is 7.09. The lowest BCUT2D eigenvalue weighted by Gasteiger charge is -2.29. The molecule has 0 atom stereocenters. The standard InChI is InChI=1S/C32H41F3N2O3/c1-3-5-7-9-11-21-37(22-25-15-13-24(14-16-25)12-10-8-6-4-2)30(29-28(38)23-40-31(29)39)36-27-19-17-26(18-20-27)32(33,34)35/h13-20,36H,3-12,21-23H2,1-2H3. The summed E-state index contributed by atoms with van der Waals surface area (Å²) in [6.45, 7) is 4.99. The van der Waals surface area contributed by atoms with Gasteiger partial charge in [0.25, 0.3) is 0 Å². The van der Waals surface area contributed by atoms with E-state index in [0.717, 1.165) is 62.6 Å².